The Morgan fingerprint density at radius 3 is 2.64 bits per heavy atom. The number of hydrogen-bond donors (Lipinski definition) is 2. The minimum atomic E-state index is -0.406. The van der Waals surface area contributed by atoms with Crippen molar-refractivity contribution in [1.82, 2.24) is 9.97 Å². The Bertz CT molecular complexity index is 640. The molecule has 1 unspecified atom stereocenters. The molecule has 0 spiro atoms. The zero-order valence-electron chi connectivity index (χ0n) is 12.4. The number of aliphatic hydroxyl groups is 1. The zero-order valence-corrected chi connectivity index (χ0v) is 12.4. The SMILES string of the molecule is CC(O)CCC/C=C/c1ccc(-c2ncc(O)cn2)c(F)c1. The second-order valence-corrected chi connectivity index (χ2v) is 5.19. The van der Waals surface area contributed by atoms with Crippen LogP contribution in [0.5, 0.6) is 5.75 Å². The number of hydrogen-bond acceptors (Lipinski definition) is 4. The summed E-state index contributed by atoms with van der Waals surface area (Å²) in [7, 11) is 0. The van der Waals surface area contributed by atoms with Gasteiger partial charge in [-0.3, -0.25) is 0 Å². The molecule has 2 rings (SSSR count). The Morgan fingerprint density at radius 2 is 2.00 bits per heavy atom. The van der Waals surface area contributed by atoms with E-state index in [-0.39, 0.29) is 17.7 Å². The van der Waals surface area contributed by atoms with Gasteiger partial charge in [-0.2, -0.15) is 0 Å². The molecule has 1 heterocycles. The number of halogens is 1. The summed E-state index contributed by atoms with van der Waals surface area (Å²) in [6.07, 6.45) is 8.51. The average Bonchev–Trinajstić information content (AvgIpc) is 2.48. The van der Waals surface area contributed by atoms with Crippen LogP contribution in [0.3, 0.4) is 0 Å². The normalized spacial score (nSPS) is 12.7. The fourth-order valence-corrected chi connectivity index (χ4v) is 2.03. The van der Waals surface area contributed by atoms with Crippen LogP contribution in [0.15, 0.2) is 36.7 Å². The molecular formula is C17H19FN2O2. The number of aliphatic hydroxyl groups excluding tert-OH is 1. The number of rotatable bonds is 6. The van der Waals surface area contributed by atoms with Gasteiger partial charge in [0.25, 0.3) is 0 Å². The van der Waals surface area contributed by atoms with Crippen LogP contribution in [-0.2, 0) is 0 Å². The maximum absolute atomic E-state index is 14.1. The van der Waals surface area contributed by atoms with E-state index in [1.54, 1.807) is 19.1 Å². The van der Waals surface area contributed by atoms with E-state index in [2.05, 4.69) is 9.97 Å². The lowest BCUT2D eigenvalue weighted by atomic mass is 10.1. The summed E-state index contributed by atoms with van der Waals surface area (Å²) in [6.45, 7) is 1.77. The quantitative estimate of drug-likeness (QED) is 0.801. The number of nitrogens with zero attached hydrogens (tertiary/aromatic N) is 2. The van der Waals surface area contributed by atoms with E-state index in [9.17, 15) is 4.39 Å². The lowest BCUT2D eigenvalue weighted by Crippen LogP contribution is -1.97. The summed E-state index contributed by atoms with van der Waals surface area (Å²) in [6, 6.07) is 4.84. The van der Waals surface area contributed by atoms with Gasteiger partial charge in [0.1, 0.15) is 5.82 Å². The lowest BCUT2D eigenvalue weighted by molar-refractivity contribution is 0.182. The highest BCUT2D eigenvalue weighted by Crippen LogP contribution is 2.21. The van der Waals surface area contributed by atoms with E-state index < -0.39 is 5.82 Å². The molecule has 116 valence electrons. The minimum Gasteiger partial charge on any atom is -0.505 e. The van der Waals surface area contributed by atoms with Gasteiger partial charge in [0.05, 0.1) is 24.1 Å². The van der Waals surface area contributed by atoms with Crippen molar-refractivity contribution in [2.45, 2.75) is 32.3 Å². The highest BCUT2D eigenvalue weighted by Gasteiger charge is 2.08. The number of allylic oxidation sites excluding steroid dienone is 1. The molecule has 0 bridgehead atoms. The van der Waals surface area contributed by atoms with Crippen LogP contribution in [0.2, 0.25) is 0 Å². The topological polar surface area (TPSA) is 66.2 Å². The third kappa shape index (κ3) is 4.63. The van der Waals surface area contributed by atoms with Crippen molar-refractivity contribution in [1.29, 1.82) is 0 Å². The minimum absolute atomic E-state index is 0.0547. The van der Waals surface area contributed by atoms with Gasteiger partial charge < -0.3 is 10.2 Å². The smallest absolute Gasteiger partial charge is 0.162 e. The van der Waals surface area contributed by atoms with Crippen molar-refractivity contribution in [3.8, 4) is 17.1 Å². The van der Waals surface area contributed by atoms with Gasteiger partial charge in [0.15, 0.2) is 11.6 Å². The summed E-state index contributed by atoms with van der Waals surface area (Å²) in [4.78, 5) is 7.80. The number of aromatic hydroxyl groups is 1. The number of aromatic nitrogens is 2. The number of unbranched alkanes of at least 4 members (excludes halogenated alkanes) is 1. The second kappa shape index (κ2) is 7.66. The van der Waals surface area contributed by atoms with E-state index >= 15 is 0 Å². The molecule has 0 aliphatic heterocycles. The van der Waals surface area contributed by atoms with Crippen molar-refractivity contribution in [3.05, 3.63) is 48.0 Å². The molecule has 0 radical (unpaired) electrons. The molecule has 2 N–H and O–H groups in total. The Labute approximate surface area is 129 Å². The third-order valence-electron chi connectivity index (χ3n) is 3.18. The van der Waals surface area contributed by atoms with Gasteiger partial charge in [-0.25, -0.2) is 14.4 Å². The molecule has 4 nitrogen and oxygen atoms in total. The maximum Gasteiger partial charge on any atom is 0.162 e. The Hall–Kier alpha value is -2.27. The Balaban J connectivity index is 2.03. The summed E-state index contributed by atoms with van der Waals surface area (Å²) < 4.78 is 14.1. The highest BCUT2D eigenvalue weighted by molar-refractivity contribution is 5.60. The van der Waals surface area contributed by atoms with Crippen LogP contribution in [0.4, 0.5) is 4.39 Å². The summed E-state index contributed by atoms with van der Waals surface area (Å²) in [5, 5.41) is 18.3. The van der Waals surface area contributed by atoms with Gasteiger partial charge in [-0.05, 0) is 43.9 Å². The van der Waals surface area contributed by atoms with Gasteiger partial charge in [0.2, 0.25) is 0 Å². The second-order valence-electron chi connectivity index (χ2n) is 5.19. The summed E-state index contributed by atoms with van der Waals surface area (Å²) in [5.41, 5.74) is 1.06. The molecule has 0 saturated heterocycles. The molecule has 0 amide bonds. The maximum atomic E-state index is 14.1. The molecule has 1 aromatic carbocycles. The monoisotopic (exact) mass is 302 g/mol. The molecule has 5 heteroatoms. The fourth-order valence-electron chi connectivity index (χ4n) is 2.03. The molecule has 22 heavy (non-hydrogen) atoms. The lowest BCUT2D eigenvalue weighted by Gasteiger charge is -2.03. The molecule has 0 aliphatic carbocycles. The molecular weight excluding hydrogens is 283 g/mol. The van der Waals surface area contributed by atoms with Crippen LogP contribution >= 0.6 is 0 Å². The first kappa shape index (κ1) is 16.1. The van der Waals surface area contributed by atoms with Crippen molar-refractivity contribution in [3.63, 3.8) is 0 Å². The van der Waals surface area contributed by atoms with Crippen molar-refractivity contribution in [2.24, 2.45) is 0 Å². The van der Waals surface area contributed by atoms with Crippen molar-refractivity contribution in [2.75, 3.05) is 0 Å². The molecule has 1 aromatic heterocycles. The van der Waals surface area contributed by atoms with Crippen molar-refractivity contribution < 1.29 is 14.6 Å². The van der Waals surface area contributed by atoms with Gasteiger partial charge in [-0.1, -0.05) is 18.2 Å². The van der Waals surface area contributed by atoms with Crippen molar-refractivity contribution >= 4 is 6.08 Å². The van der Waals surface area contributed by atoms with Gasteiger partial charge in [0, 0.05) is 0 Å². The highest BCUT2D eigenvalue weighted by atomic mass is 19.1. The molecule has 0 fully saturated rings. The van der Waals surface area contributed by atoms with E-state index in [1.165, 1.54) is 18.5 Å². The summed E-state index contributed by atoms with van der Waals surface area (Å²) >= 11 is 0. The van der Waals surface area contributed by atoms with E-state index in [4.69, 9.17) is 10.2 Å². The standard InChI is InChI=1S/C17H19FN2O2/c1-12(21)5-3-2-4-6-13-7-8-15(16(18)9-13)17-19-10-14(22)11-20-17/h4,6-12,21-22H,2-3,5H2,1H3/b6-4+. The first-order chi connectivity index (χ1) is 10.6. The van der Waals surface area contributed by atoms with Crippen LogP contribution in [0.25, 0.3) is 17.5 Å². The van der Waals surface area contributed by atoms with Crippen LogP contribution in [-0.4, -0.2) is 26.3 Å². The van der Waals surface area contributed by atoms with Gasteiger partial charge in [-0.15, -0.1) is 0 Å². The average molecular weight is 302 g/mol. The molecule has 0 saturated carbocycles. The molecule has 2 aromatic rings. The largest absolute Gasteiger partial charge is 0.505 e. The number of benzene rings is 1. The van der Waals surface area contributed by atoms with Gasteiger partial charge >= 0.3 is 0 Å². The van der Waals surface area contributed by atoms with Crippen LogP contribution in [0.1, 0.15) is 31.7 Å². The third-order valence-corrected chi connectivity index (χ3v) is 3.18. The predicted molar refractivity (Wildman–Crippen MR) is 83.7 cm³/mol. The molecule has 1 atom stereocenters. The van der Waals surface area contributed by atoms with Crippen LogP contribution < -0.4 is 0 Å². The summed E-state index contributed by atoms with van der Waals surface area (Å²) in [5.74, 6) is -0.222. The van der Waals surface area contributed by atoms with Crippen LogP contribution in [0, 0.1) is 5.82 Å². The van der Waals surface area contributed by atoms with E-state index in [1.807, 2.05) is 12.2 Å². The van der Waals surface area contributed by atoms with E-state index in [0.717, 1.165) is 24.8 Å². The zero-order chi connectivity index (χ0) is 15.9. The predicted octanol–water partition coefficient (Wildman–Crippen LogP) is 3.55. The first-order valence-corrected chi connectivity index (χ1v) is 7.22. The molecule has 0 aliphatic rings. The van der Waals surface area contributed by atoms with E-state index in [0.29, 0.717) is 5.56 Å². The fraction of sp³-hybridized carbons (Fsp3) is 0.294. The Kier molecular flexibility index (Phi) is 5.61. The Morgan fingerprint density at radius 1 is 1.27 bits per heavy atom. The first-order valence-electron chi connectivity index (χ1n) is 7.22.